The predicted octanol–water partition coefficient (Wildman–Crippen LogP) is 3.89. The van der Waals surface area contributed by atoms with Gasteiger partial charge in [0.15, 0.2) is 0 Å². The number of pyridine rings is 1. The summed E-state index contributed by atoms with van der Waals surface area (Å²) in [7, 11) is 0. The molecule has 0 saturated carbocycles. The third kappa shape index (κ3) is 4.07. The largest absolute Gasteiger partial charge is 0.470 e. The lowest BCUT2D eigenvalue weighted by Gasteiger charge is -2.13. The van der Waals surface area contributed by atoms with Gasteiger partial charge in [0.05, 0.1) is 29.0 Å². The Bertz CT molecular complexity index is 1090. The molecule has 7 nitrogen and oxygen atoms in total. The van der Waals surface area contributed by atoms with Crippen LogP contribution in [0.5, 0.6) is 5.19 Å². The highest BCUT2D eigenvalue weighted by Crippen LogP contribution is 2.28. The average Bonchev–Trinajstić information content (AvgIpc) is 3.10. The molecule has 0 radical (unpaired) electrons. The van der Waals surface area contributed by atoms with Crippen molar-refractivity contribution in [3.05, 3.63) is 56.4 Å². The van der Waals surface area contributed by atoms with Crippen LogP contribution < -0.4 is 16.0 Å². The number of nitrogens with zero attached hydrogens (tertiary/aromatic N) is 2. The fourth-order valence-electron chi connectivity index (χ4n) is 2.81. The molecule has 0 fully saturated rings. The summed E-state index contributed by atoms with van der Waals surface area (Å²) in [5.41, 5.74) is 6.52. The second-order valence-electron chi connectivity index (χ2n) is 6.09. The van der Waals surface area contributed by atoms with E-state index in [2.05, 4.69) is 15.0 Å². The van der Waals surface area contributed by atoms with E-state index in [1.165, 1.54) is 17.6 Å². The fraction of sp³-hybridized carbons (Fsp3) is 0.263. The number of aromatic nitrogens is 2. The van der Waals surface area contributed by atoms with Crippen molar-refractivity contribution in [2.24, 2.45) is 10.7 Å². The Morgan fingerprint density at radius 1 is 1.54 bits per heavy atom. The van der Waals surface area contributed by atoms with Gasteiger partial charge < -0.3 is 20.9 Å². The van der Waals surface area contributed by atoms with Gasteiger partial charge in [-0.3, -0.25) is 9.79 Å². The summed E-state index contributed by atoms with van der Waals surface area (Å²) >= 11 is 7.45. The number of hydrogen-bond acceptors (Lipinski definition) is 6. The molecule has 0 aliphatic heterocycles. The third-order valence-corrected chi connectivity index (χ3v) is 5.50. The number of amidine groups is 1. The van der Waals surface area contributed by atoms with Crippen LogP contribution in [-0.2, 0) is 0 Å². The highest BCUT2D eigenvalue weighted by atomic mass is 35.5. The van der Waals surface area contributed by atoms with Crippen LogP contribution in [0.1, 0.15) is 36.4 Å². The van der Waals surface area contributed by atoms with Gasteiger partial charge in [0.2, 0.25) is 0 Å². The molecular weight excluding hydrogens is 398 g/mol. The van der Waals surface area contributed by atoms with Crippen LogP contribution in [0.2, 0.25) is 5.02 Å². The van der Waals surface area contributed by atoms with Crippen molar-refractivity contribution in [2.75, 3.05) is 6.61 Å². The van der Waals surface area contributed by atoms with Crippen LogP contribution >= 0.6 is 22.9 Å². The summed E-state index contributed by atoms with van der Waals surface area (Å²) in [6.45, 7) is 4.22. The van der Waals surface area contributed by atoms with Gasteiger partial charge in [-0.2, -0.15) is 0 Å². The predicted molar refractivity (Wildman–Crippen MR) is 114 cm³/mol. The number of benzene rings is 1. The molecule has 0 amide bonds. The highest BCUT2D eigenvalue weighted by Gasteiger charge is 2.19. The number of halogens is 1. The lowest BCUT2D eigenvalue weighted by atomic mass is 10.1. The van der Waals surface area contributed by atoms with Gasteiger partial charge in [-0.05, 0) is 31.4 Å². The number of hydrogen-bond donors (Lipinski definition) is 3. The number of aromatic amines is 1. The summed E-state index contributed by atoms with van der Waals surface area (Å²) in [6, 6.07) is 6.73. The quantitative estimate of drug-likeness (QED) is 0.399. The van der Waals surface area contributed by atoms with Gasteiger partial charge in [0.25, 0.3) is 10.8 Å². The van der Waals surface area contributed by atoms with Gasteiger partial charge >= 0.3 is 0 Å². The molecule has 0 bridgehead atoms. The number of fused-ring (bicyclic) bond motifs is 1. The standard InChI is InChI=1S/C19H20ClN5O2S/c1-3-27-19-23-9-15(28-19)12(8-21)17(22)24-10(2)14-7-11-5-4-6-13(20)16(11)18(26)25-14/h4-10,12,21H,3H2,1-2H3,(H2,22,24)(H,25,26). The van der Waals surface area contributed by atoms with Crippen LogP contribution in [0.3, 0.4) is 0 Å². The van der Waals surface area contributed by atoms with Crippen molar-refractivity contribution >= 4 is 45.8 Å². The second-order valence-corrected chi connectivity index (χ2v) is 7.53. The molecule has 3 rings (SSSR count). The van der Waals surface area contributed by atoms with E-state index < -0.39 is 12.0 Å². The van der Waals surface area contributed by atoms with Crippen LogP contribution in [-0.4, -0.2) is 28.6 Å². The Hall–Kier alpha value is -2.71. The van der Waals surface area contributed by atoms with Crippen molar-refractivity contribution in [3.63, 3.8) is 0 Å². The van der Waals surface area contributed by atoms with Gasteiger partial charge in [-0.25, -0.2) is 4.98 Å². The van der Waals surface area contributed by atoms with Crippen molar-refractivity contribution in [3.8, 4) is 5.19 Å². The molecule has 28 heavy (non-hydrogen) atoms. The number of ether oxygens (including phenoxy) is 1. The lowest BCUT2D eigenvalue weighted by molar-refractivity contribution is 0.338. The van der Waals surface area contributed by atoms with Crippen LogP contribution in [0.4, 0.5) is 0 Å². The Kier molecular flexibility index (Phi) is 6.11. The molecule has 2 aromatic heterocycles. The molecule has 3 aromatic rings. The zero-order chi connectivity index (χ0) is 20.3. The Morgan fingerprint density at radius 3 is 3.04 bits per heavy atom. The summed E-state index contributed by atoms with van der Waals surface area (Å²) < 4.78 is 5.38. The summed E-state index contributed by atoms with van der Waals surface area (Å²) in [4.78, 5) is 24.7. The van der Waals surface area contributed by atoms with Gasteiger partial charge in [0, 0.05) is 23.0 Å². The van der Waals surface area contributed by atoms with Crippen LogP contribution in [0.15, 0.2) is 40.2 Å². The number of thiazole rings is 1. The topological polar surface area (TPSA) is 117 Å². The first-order valence-electron chi connectivity index (χ1n) is 8.68. The molecule has 2 unspecified atom stereocenters. The molecule has 0 aliphatic carbocycles. The van der Waals surface area contributed by atoms with Gasteiger partial charge in [-0.1, -0.05) is 35.1 Å². The Morgan fingerprint density at radius 2 is 2.32 bits per heavy atom. The van der Waals surface area contributed by atoms with E-state index in [9.17, 15) is 4.79 Å². The molecule has 146 valence electrons. The van der Waals surface area contributed by atoms with Crippen molar-refractivity contribution in [1.29, 1.82) is 5.41 Å². The first-order chi connectivity index (χ1) is 13.4. The van der Waals surface area contributed by atoms with E-state index in [0.717, 1.165) is 10.3 Å². The van der Waals surface area contributed by atoms with Gasteiger partial charge in [-0.15, -0.1) is 0 Å². The minimum atomic E-state index is -0.504. The zero-order valence-corrected chi connectivity index (χ0v) is 17.0. The number of nitrogens with two attached hydrogens (primary N) is 1. The van der Waals surface area contributed by atoms with E-state index in [1.54, 1.807) is 18.3 Å². The van der Waals surface area contributed by atoms with E-state index in [-0.39, 0.29) is 11.4 Å². The Labute approximate surface area is 170 Å². The van der Waals surface area contributed by atoms with E-state index in [4.69, 9.17) is 27.5 Å². The summed E-state index contributed by atoms with van der Waals surface area (Å²) in [6.07, 6.45) is 2.86. The minimum Gasteiger partial charge on any atom is -0.470 e. The first kappa shape index (κ1) is 20.0. The molecule has 0 spiro atoms. The molecule has 0 aliphatic rings. The van der Waals surface area contributed by atoms with Gasteiger partial charge in [0.1, 0.15) is 5.84 Å². The Balaban J connectivity index is 1.91. The average molecular weight is 418 g/mol. The smallest absolute Gasteiger partial charge is 0.273 e. The summed E-state index contributed by atoms with van der Waals surface area (Å²) in [5, 5.41) is 9.85. The van der Waals surface area contributed by atoms with E-state index in [0.29, 0.717) is 27.9 Å². The summed E-state index contributed by atoms with van der Waals surface area (Å²) in [5.74, 6) is -0.239. The molecule has 9 heteroatoms. The lowest BCUT2D eigenvalue weighted by Crippen LogP contribution is -2.23. The number of H-pyrrole nitrogens is 1. The highest BCUT2D eigenvalue weighted by molar-refractivity contribution is 7.13. The number of nitrogens with one attached hydrogen (secondary N) is 2. The normalized spacial score (nSPS) is 14.0. The molecule has 1 aromatic carbocycles. The zero-order valence-electron chi connectivity index (χ0n) is 15.4. The monoisotopic (exact) mass is 417 g/mol. The van der Waals surface area contributed by atoms with E-state index >= 15 is 0 Å². The number of rotatable bonds is 7. The van der Waals surface area contributed by atoms with Crippen LogP contribution in [0.25, 0.3) is 10.8 Å². The molecular formula is C19H20ClN5O2S. The van der Waals surface area contributed by atoms with Crippen molar-refractivity contribution in [1.82, 2.24) is 9.97 Å². The maximum absolute atomic E-state index is 12.4. The number of aliphatic imine (C=N–C) groups is 1. The van der Waals surface area contributed by atoms with Crippen molar-refractivity contribution < 1.29 is 4.74 Å². The maximum Gasteiger partial charge on any atom is 0.273 e. The van der Waals surface area contributed by atoms with E-state index in [1.807, 2.05) is 26.0 Å². The van der Waals surface area contributed by atoms with Crippen molar-refractivity contribution in [2.45, 2.75) is 25.8 Å². The first-order valence-corrected chi connectivity index (χ1v) is 9.87. The molecule has 0 saturated heterocycles. The fourth-order valence-corrected chi connectivity index (χ4v) is 3.99. The third-order valence-electron chi connectivity index (χ3n) is 4.20. The minimum absolute atomic E-state index is 0.265. The molecule has 2 heterocycles. The molecule has 2 atom stereocenters. The maximum atomic E-state index is 12.4. The molecule has 4 N–H and O–H groups in total. The second kappa shape index (κ2) is 8.53. The SMILES string of the molecule is CCOc1ncc(C(C=N)C(N)=NC(C)c2cc3cccc(Cl)c3c(=O)[nH]2)s1. The van der Waals surface area contributed by atoms with Crippen LogP contribution in [0, 0.1) is 5.41 Å².